The molecular weight excluding hydrogens is 322 g/mol. The molecule has 1 aromatic carbocycles. The fraction of sp³-hybridized carbons (Fsp3) is 0.333. The molecule has 0 bridgehead atoms. The molecule has 0 saturated carbocycles. The summed E-state index contributed by atoms with van der Waals surface area (Å²) in [6, 6.07) is 5.33. The SMILES string of the molecule is CC(=NCCCO)C1C(=O)NC(=O)N(c2ccc(Cl)cc2)C1=O. The third kappa shape index (κ3) is 3.75. The van der Waals surface area contributed by atoms with Gasteiger partial charge in [0.15, 0.2) is 5.92 Å². The summed E-state index contributed by atoms with van der Waals surface area (Å²) in [4.78, 5) is 41.6. The van der Waals surface area contributed by atoms with Crippen LogP contribution in [-0.2, 0) is 9.59 Å². The topological polar surface area (TPSA) is 99.1 Å². The van der Waals surface area contributed by atoms with Crippen LogP contribution < -0.4 is 10.2 Å². The van der Waals surface area contributed by atoms with E-state index in [0.29, 0.717) is 29.4 Å². The normalized spacial score (nSPS) is 19.1. The average Bonchev–Trinajstić information content (AvgIpc) is 2.49. The van der Waals surface area contributed by atoms with Gasteiger partial charge in [0.05, 0.1) is 5.69 Å². The van der Waals surface area contributed by atoms with E-state index in [9.17, 15) is 14.4 Å². The number of carbonyl (C=O) groups excluding carboxylic acids is 3. The van der Waals surface area contributed by atoms with Crippen LogP contribution in [0.3, 0.4) is 0 Å². The molecule has 0 spiro atoms. The quantitative estimate of drug-likeness (QED) is 0.481. The van der Waals surface area contributed by atoms with Crippen molar-refractivity contribution in [2.24, 2.45) is 10.9 Å². The van der Waals surface area contributed by atoms with Crippen molar-refractivity contribution in [3.8, 4) is 0 Å². The van der Waals surface area contributed by atoms with Crippen LogP contribution in [0.1, 0.15) is 13.3 Å². The van der Waals surface area contributed by atoms with E-state index in [1.807, 2.05) is 0 Å². The van der Waals surface area contributed by atoms with Crippen molar-refractivity contribution in [1.29, 1.82) is 0 Å². The molecule has 1 aliphatic rings. The number of rotatable bonds is 5. The first-order valence-corrected chi connectivity index (χ1v) is 7.39. The molecule has 1 heterocycles. The molecule has 0 aromatic heterocycles. The lowest BCUT2D eigenvalue weighted by Gasteiger charge is -2.30. The van der Waals surface area contributed by atoms with E-state index < -0.39 is 23.8 Å². The summed E-state index contributed by atoms with van der Waals surface area (Å²) in [5.74, 6) is -2.52. The van der Waals surface area contributed by atoms with Crippen LogP contribution in [0.5, 0.6) is 0 Å². The van der Waals surface area contributed by atoms with Crippen LogP contribution in [0.25, 0.3) is 0 Å². The van der Waals surface area contributed by atoms with E-state index in [1.165, 1.54) is 12.1 Å². The Kier molecular flexibility index (Phi) is 5.46. The van der Waals surface area contributed by atoms with Gasteiger partial charge in [-0.3, -0.25) is 19.9 Å². The lowest BCUT2D eigenvalue weighted by Crippen LogP contribution is -2.60. The summed E-state index contributed by atoms with van der Waals surface area (Å²) in [7, 11) is 0. The van der Waals surface area contributed by atoms with Crippen LogP contribution in [0, 0.1) is 5.92 Å². The molecule has 1 saturated heterocycles. The van der Waals surface area contributed by atoms with Crippen LogP contribution in [0.4, 0.5) is 10.5 Å². The smallest absolute Gasteiger partial charge is 0.335 e. The summed E-state index contributed by atoms with van der Waals surface area (Å²) >= 11 is 5.80. The second kappa shape index (κ2) is 7.34. The van der Waals surface area contributed by atoms with Gasteiger partial charge in [-0.2, -0.15) is 0 Å². The maximum Gasteiger partial charge on any atom is 0.335 e. The fourth-order valence-electron chi connectivity index (χ4n) is 2.20. The minimum Gasteiger partial charge on any atom is -0.396 e. The number of carbonyl (C=O) groups is 3. The minimum absolute atomic E-state index is 0.0308. The highest BCUT2D eigenvalue weighted by atomic mass is 35.5. The van der Waals surface area contributed by atoms with Gasteiger partial charge in [-0.25, -0.2) is 9.69 Å². The Morgan fingerprint density at radius 3 is 2.57 bits per heavy atom. The Labute approximate surface area is 137 Å². The van der Waals surface area contributed by atoms with Gasteiger partial charge in [-0.05, 0) is 37.6 Å². The summed E-state index contributed by atoms with van der Waals surface area (Å²) < 4.78 is 0. The summed E-state index contributed by atoms with van der Waals surface area (Å²) in [6.07, 6.45) is 0.430. The Morgan fingerprint density at radius 2 is 1.96 bits per heavy atom. The number of anilines is 1. The second-order valence-corrected chi connectivity index (χ2v) is 5.41. The maximum absolute atomic E-state index is 12.6. The van der Waals surface area contributed by atoms with Gasteiger partial charge in [0.2, 0.25) is 5.91 Å². The van der Waals surface area contributed by atoms with Gasteiger partial charge in [0.25, 0.3) is 5.91 Å². The molecule has 8 heteroatoms. The monoisotopic (exact) mass is 337 g/mol. The molecule has 1 unspecified atom stereocenters. The highest BCUT2D eigenvalue weighted by Gasteiger charge is 2.42. The Bertz CT molecular complexity index is 657. The summed E-state index contributed by atoms with van der Waals surface area (Å²) in [5.41, 5.74) is 0.616. The number of barbiturate groups is 1. The largest absolute Gasteiger partial charge is 0.396 e. The average molecular weight is 338 g/mol. The molecular formula is C15H16ClN3O4. The molecule has 2 rings (SSSR count). The fourth-order valence-corrected chi connectivity index (χ4v) is 2.32. The highest BCUT2D eigenvalue weighted by Crippen LogP contribution is 2.23. The third-order valence-corrected chi connectivity index (χ3v) is 3.59. The van der Waals surface area contributed by atoms with Crippen LogP contribution in [0.2, 0.25) is 5.02 Å². The van der Waals surface area contributed by atoms with Crippen molar-refractivity contribution in [2.45, 2.75) is 13.3 Å². The van der Waals surface area contributed by atoms with Gasteiger partial charge in [0.1, 0.15) is 0 Å². The molecule has 1 atom stereocenters. The lowest BCUT2D eigenvalue weighted by molar-refractivity contribution is -0.131. The molecule has 1 aromatic rings. The van der Waals surface area contributed by atoms with Crippen molar-refractivity contribution in [3.05, 3.63) is 29.3 Å². The molecule has 0 aliphatic carbocycles. The molecule has 0 radical (unpaired) electrons. The standard InChI is InChI=1S/C15H16ClN3O4/c1-9(17-7-2-8-20)12-13(21)18-15(23)19(14(12)22)11-5-3-10(16)4-6-11/h3-6,12,20H,2,7-8H2,1H3,(H,18,21,23). The number of hydrogen-bond acceptors (Lipinski definition) is 5. The van der Waals surface area contributed by atoms with Crippen LogP contribution in [-0.4, -0.2) is 41.8 Å². The number of imide groups is 2. The van der Waals surface area contributed by atoms with Crippen molar-refractivity contribution in [2.75, 3.05) is 18.1 Å². The first kappa shape index (κ1) is 17.1. The first-order chi connectivity index (χ1) is 11.0. The Hall–Kier alpha value is -2.25. The number of urea groups is 1. The van der Waals surface area contributed by atoms with Gasteiger partial charge >= 0.3 is 6.03 Å². The summed E-state index contributed by atoms with van der Waals surface area (Å²) in [6.45, 7) is 1.82. The first-order valence-electron chi connectivity index (χ1n) is 7.02. The van der Waals surface area contributed by atoms with E-state index in [-0.39, 0.29) is 6.61 Å². The molecule has 1 fully saturated rings. The van der Waals surface area contributed by atoms with E-state index in [0.717, 1.165) is 4.90 Å². The van der Waals surface area contributed by atoms with Crippen molar-refractivity contribution in [1.82, 2.24) is 5.32 Å². The van der Waals surface area contributed by atoms with Crippen LogP contribution >= 0.6 is 11.6 Å². The third-order valence-electron chi connectivity index (χ3n) is 3.34. The number of aliphatic imine (C=N–C) groups is 1. The van der Waals surface area contributed by atoms with E-state index >= 15 is 0 Å². The van der Waals surface area contributed by atoms with Gasteiger partial charge in [0, 0.05) is 23.9 Å². The van der Waals surface area contributed by atoms with E-state index in [2.05, 4.69) is 10.3 Å². The van der Waals surface area contributed by atoms with Crippen molar-refractivity contribution in [3.63, 3.8) is 0 Å². The molecule has 1 aliphatic heterocycles. The zero-order valence-electron chi connectivity index (χ0n) is 12.5. The lowest BCUT2D eigenvalue weighted by atomic mass is 9.99. The zero-order valence-corrected chi connectivity index (χ0v) is 13.2. The van der Waals surface area contributed by atoms with Gasteiger partial charge in [-0.1, -0.05) is 11.6 Å². The highest BCUT2D eigenvalue weighted by molar-refractivity contribution is 6.35. The molecule has 2 N–H and O–H groups in total. The van der Waals surface area contributed by atoms with Gasteiger partial charge in [-0.15, -0.1) is 0 Å². The number of aliphatic hydroxyl groups excluding tert-OH is 1. The van der Waals surface area contributed by atoms with Gasteiger partial charge < -0.3 is 5.11 Å². The predicted octanol–water partition coefficient (Wildman–Crippen LogP) is 1.38. The molecule has 4 amide bonds. The minimum atomic E-state index is -1.16. The Balaban J connectivity index is 2.29. The predicted molar refractivity (Wildman–Crippen MR) is 85.6 cm³/mol. The zero-order chi connectivity index (χ0) is 17.0. The number of hydrogen-bond donors (Lipinski definition) is 2. The number of nitrogens with zero attached hydrogens (tertiary/aromatic N) is 2. The van der Waals surface area contributed by atoms with Crippen molar-refractivity contribution >= 4 is 40.8 Å². The number of amides is 4. The summed E-state index contributed by atoms with van der Waals surface area (Å²) in [5, 5.41) is 11.4. The number of aliphatic hydroxyl groups is 1. The van der Waals surface area contributed by atoms with Crippen molar-refractivity contribution < 1.29 is 19.5 Å². The molecule has 23 heavy (non-hydrogen) atoms. The maximum atomic E-state index is 12.6. The molecule has 7 nitrogen and oxygen atoms in total. The Morgan fingerprint density at radius 1 is 1.30 bits per heavy atom. The number of halogens is 1. The number of nitrogens with one attached hydrogen (secondary N) is 1. The van der Waals surface area contributed by atoms with E-state index in [1.54, 1.807) is 19.1 Å². The second-order valence-electron chi connectivity index (χ2n) is 4.98. The molecule has 122 valence electrons. The number of benzene rings is 1. The van der Waals surface area contributed by atoms with E-state index in [4.69, 9.17) is 16.7 Å². The van der Waals surface area contributed by atoms with Crippen LogP contribution in [0.15, 0.2) is 29.3 Å².